The van der Waals surface area contributed by atoms with Crippen LogP contribution >= 0.6 is 24.0 Å². The molecule has 0 saturated carbocycles. The molecule has 2 fully saturated rings. The van der Waals surface area contributed by atoms with Crippen molar-refractivity contribution in [2.75, 3.05) is 65.1 Å². The summed E-state index contributed by atoms with van der Waals surface area (Å²) in [7, 11) is 3.55. The fraction of sp³-hybridized carbons (Fsp3) is 0.727. The summed E-state index contributed by atoms with van der Waals surface area (Å²) in [6, 6.07) is 4.33. The van der Waals surface area contributed by atoms with Gasteiger partial charge >= 0.3 is 0 Å². The second-order valence-corrected chi connectivity index (χ2v) is 8.26. The molecule has 170 valence electrons. The Morgan fingerprint density at radius 3 is 2.67 bits per heavy atom. The average molecular weight is 531 g/mol. The Morgan fingerprint density at radius 1 is 1.20 bits per heavy atom. The third kappa shape index (κ3) is 7.53. The topological polar surface area (TPSA) is 62.2 Å². The number of halogens is 1. The summed E-state index contributed by atoms with van der Waals surface area (Å²) in [6.07, 6.45) is 5.65. The Labute approximate surface area is 198 Å². The van der Waals surface area contributed by atoms with Crippen molar-refractivity contribution in [3.8, 4) is 0 Å². The molecule has 0 amide bonds. The number of hydrogen-bond acceptors (Lipinski definition) is 5. The highest BCUT2D eigenvalue weighted by Crippen LogP contribution is 2.21. The van der Waals surface area contributed by atoms with Crippen LogP contribution in [0.4, 0.5) is 5.82 Å². The third-order valence-electron chi connectivity index (χ3n) is 5.95. The Balaban J connectivity index is 0.00000320. The normalized spacial score (nSPS) is 20.4. The minimum atomic E-state index is 0. The number of rotatable bonds is 8. The average Bonchev–Trinajstić information content (AvgIpc) is 3.21. The summed E-state index contributed by atoms with van der Waals surface area (Å²) >= 11 is 0. The number of likely N-dealkylation sites (tertiary alicyclic amines) is 1. The van der Waals surface area contributed by atoms with Gasteiger partial charge < -0.3 is 24.6 Å². The van der Waals surface area contributed by atoms with Crippen molar-refractivity contribution >= 4 is 35.8 Å². The maximum atomic E-state index is 5.69. The van der Waals surface area contributed by atoms with Crippen LogP contribution in [-0.2, 0) is 16.0 Å². The quantitative estimate of drug-likeness (QED) is 0.241. The zero-order valence-electron chi connectivity index (χ0n) is 18.7. The van der Waals surface area contributed by atoms with Crippen LogP contribution in [0.3, 0.4) is 0 Å². The van der Waals surface area contributed by atoms with Crippen LogP contribution < -0.4 is 10.2 Å². The van der Waals surface area contributed by atoms with Gasteiger partial charge in [0.2, 0.25) is 0 Å². The van der Waals surface area contributed by atoms with E-state index in [4.69, 9.17) is 14.5 Å². The molecule has 2 aliphatic rings. The lowest BCUT2D eigenvalue weighted by molar-refractivity contribution is 0.0536. The maximum absolute atomic E-state index is 5.69. The van der Waals surface area contributed by atoms with Crippen LogP contribution in [-0.4, -0.2) is 76.0 Å². The van der Waals surface area contributed by atoms with Crippen molar-refractivity contribution in [3.63, 3.8) is 0 Å². The van der Waals surface area contributed by atoms with Crippen LogP contribution in [0.2, 0.25) is 0 Å². The Hall–Kier alpha value is -1.13. The minimum Gasteiger partial charge on any atom is -0.382 e. The predicted octanol–water partition coefficient (Wildman–Crippen LogP) is 3.00. The van der Waals surface area contributed by atoms with Crippen molar-refractivity contribution in [1.82, 2.24) is 15.2 Å². The molecule has 1 aromatic heterocycles. The van der Waals surface area contributed by atoms with Gasteiger partial charge in [-0.25, -0.2) is 4.98 Å². The molecule has 1 atom stereocenters. The molecular weight excluding hydrogens is 493 g/mol. The lowest BCUT2D eigenvalue weighted by Gasteiger charge is -2.31. The van der Waals surface area contributed by atoms with Gasteiger partial charge in [-0.15, -0.1) is 24.0 Å². The van der Waals surface area contributed by atoms with E-state index in [0.717, 1.165) is 63.4 Å². The lowest BCUT2D eigenvalue weighted by Crippen LogP contribution is -2.40. The summed E-state index contributed by atoms with van der Waals surface area (Å²) in [4.78, 5) is 13.9. The number of anilines is 1. The van der Waals surface area contributed by atoms with E-state index >= 15 is 0 Å². The first kappa shape index (κ1) is 25.1. The van der Waals surface area contributed by atoms with Crippen molar-refractivity contribution in [2.24, 2.45) is 16.8 Å². The number of methoxy groups -OCH3 is 1. The number of nitrogens with one attached hydrogen (secondary N) is 1. The molecule has 30 heavy (non-hydrogen) atoms. The SMILES string of the molecule is CN=C(NCc1ccc(N2CCC(C)CC2)nc1)N1CCC(COCCOC)C1.I. The van der Waals surface area contributed by atoms with Gasteiger partial charge in [0.25, 0.3) is 0 Å². The molecule has 3 heterocycles. The number of nitrogens with zero attached hydrogens (tertiary/aromatic N) is 4. The molecule has 2 aliphatic heterocycles. The zero-order valence-corrected chi connectivity index (χ0v) is 21.0. The molecule has 0 aliphatic carbocycles. The van der Waals surface area contributed by atoms with Crippen LogP contribution in [0.1, 0.15) is 31.7 Å². The third-order valence-corrected chi connectivity index (χ3v) is 5.95. The van der Waals surface area contributed by atoms with Gasteiger partial charge in [-0.2, -0.15) is 0 Å². The molecular formula is C22H38IN5O2. The highest BCUT2D eigenvalue weighted by atomic mass is 127. The lowest BCUT2D eigenvalue weighted by atomic mass is 9.99. The number of ether oxygens (including phenoxy) is 2. The van der Waals surface area contributed by atoms with Crippen molar-refractivity contribution in [3.05, 3.63) is 23.9 Å². The second kappa shape index (κ2) is 13.3. The van der Waals surface area contributed by atoms with Crippen LogP contribution in [0.25, 0.3) is 0 Å². The molecule has 8 heteroatoms. The van der Waals surface area contributed by atoms with E-state index < -0.39 is 0 Å². The van der Waals surface area contributed by atoms with Gasteiger partial charge in [-0.05, 0) is 36.8 Å². The molecule has 2 saturated heterocycles. The smallest absolute Gasteiger partial charge is 0.193 e. The predicted molar refractivity (Wildman–Crippen MR) is 133 cm³/mol. The van der Waals surface area contributed by atoms with Crippen LogP contribution in [0, 0.1) is 11.8 Å². The molecule has 1 N–H and O–H groups in total. The van der Waals surface area contributed by atoms with Gasteiger partial charge in [0, 0.05) is 59.0 Å². The molecule has 0 radical (unpaired) electrons. The van der Waals surface area contributed by atoms with Gasteiger partial charge in [0.1, 0.15) is 5.82 Å². The number of hydrogen-bond donors (Lipinski definition) is 1. The van der Waals surface area contributed by atoms with Gasteiger partial charge in [-0.3, -0.25) is 4.99 Å². The summed E-state index contributed by atoms with van der Waals surface area (Å²) in [6.45, 7) is 9.42. The maximum Gasteiger partial charge on any atom is 0.193 e. The van der Waals surface area contributed by atoms with E-state index in [-0.39, 0.29) is 24.0 Å². The summed E-state index contributed by atoms with van der Waals surface area (Å²) in [5.74, 6) is 3.45. The van der Waals surface area contributed by atoms with E-state index in [1.54, 1.807) is 7.11 Å². The standard InChI is InChI=1S/C22H37N5O2.HI/c1-18-6-9-26(10-7-18)21-5-4-19(14-24-21)15-25-22(23-2)27-11-8-20(16-27)17-29-13-12-28-3;/h4-5,14,18,20H,6-13,15-17H2,1-3H3,(H,23,25);1H. The summed E-state index contributed by atoms with van der Waals surface area (Å²) in [5.41, 5.74) is 1.18. The Kier molecular flexibility index (Phi) is 11.2. The van der Waals surface area contributed by atoms with E-state index in [2.05, 4.69) is 39.2 Å². The highest BCUT2D eigenvalue weighted by Gasteiger charge is 2.25. The largest absolute Gasteiger partial charge is 0.382 e. The fourth-order valence-electron chi connectivity index (χ4n) is 4.01. The van der Waals surface area contributed by atoms with E-state index in [0.29, 0.717) is 19.1 Å². The molecule has 0 aromatic carbocycles. The van der Waals surface area contributed by atoms with Crippen LogP contribution in [0.5, 0.6) is 0 Å². The van der Waals surface area contributed by atoms with E-state index in [1.165, 1.54) is 18.4 Å². The van der Waals surface area contributed by atoms with E-state index in [9.17, 15) is 0 Å². The molecule has 3 rings (SSSR count). The number of pyridine rings is 1. The van der Waals surface area contributed by atoms with Gasteiger partial charge in [0.15, 0.2) is 5.96 Å². The summed E-state index contributed by atoms with van der Waals surface area (Å²) in [5, 5.41) is 3.49. The highest BCUT2D eigenvalue weighted by molar-refractivity contribution is 14.0. The van der Waals surface area contributed by atoms with E-state index in [1.807, 2.05) is 13.2 Å². The summed E-state index contributed by atoms with van der Waals surface area (Å²) < 4.78 is 10.7. The van der Waals surface area contributed by atoms with Gasteiger partial charge in [-0.1, -0.05) is 13.0 Å². The number of guanidine groups is 1. The van der Waals surface area contributed by atoms with Crippen molar-refractivity contribution in [1.29, 1.82) is 0 Å². The van der Waals surface area contributed by atoms with Gasteiger partial charge in [0.05, 0.1) is 19.8 Å². The molecule has 1 aromatic rings. The Bertz CT molecular complexity index is 635. The Morgan fingerprint density at radius 2 is 2.00 bits per heavy atom. The minimum absolute atomic E-state index is 0. The fourth-order valence-corrected chi connectivity index (χ4v) is 4.01. The van der Waals surface area contributed by atoms with Crippen LogP contribution in [0.15, 0.2) is 23.3 Å². The van der Waals surface area contributed by atoms with Crippen molar-refractivity contribution < 1.29 is 9.47 Å². The molecule has 0 bridgehead atoms. The first-order chi connectivity index (χ1) is 14.2. The second-order valence-electron chi connectivity index (χ2n) is 8.26. The zero-order chi connectivity index (χ0) is 20.5. The first-order valence-electron chi connectivity index (χ1n) is 10.9. The first-order valence-corrected chi connectivity index (χ1v) is 10.9. The number of aromatic nitrogens is 1. The molecule has 1 unspecified atom stereocenters. The van der Waals surface area contributed by atoms with Crippen molar-refractivity contribution in [2.45, 2.75) is 32.7 Å². The molecule has 7 nitrogen and oxygen atoms in total. The monoisotopic (exact) mass is 531 g/mol. The number of piperidine rings is 1. The molecule has 0 spiro atoms. The number of aliphatic imine (C=N–C) groups is 1.